The van der Waals surface area contributed by atoms with Gasteiger partial charge in [-0.2, -0.15) is 0 Å². The lowest BCUT2D eigenvalue weighted by atomic mass is 9.91. The zero-order valence-electron chi connectivity index (χ0n) is 49.1. The number of fused-ring (bicyclic) bond motifs is 3. The molecule has 420 valence electrons. The number of anilines is 6. The molecule has 87 heavy (non-hydrogen) atoms. The highest BCUT2D eigenvalue weighted by Gasteiger charge is 2.20. The first-order valence-electron chi connectivity index (χ1n) is 29.4. The average Bonchev–Trinajstić information content (AvgIpc) is 2.89. The molecule has 0 N–H and O–H groups in total. The van der Waals surface area contributed by atoms with Gasteiger partial charge < -0.3 is 24.0 Å². The summed E-state index contributed by atoms with van der Waals surface area (Å²) < 4.78 is 18.7. The van der Waals surface area contributed by atoms with Crippen molar-refractivity contribution in [3.8, 4) is 39.5 Å². The number of benzene rings is 13. The first-order valence-corrected chi connectivity index (χ1v) is 29.4. The van der Waals surface area contributed by atoms with Crippen LogP contribution in [0.5, 0.6) is 17.2 Å². The van der Waals surface area contributed by atoms with Gasteiger partial charge in [0, 0.05) is 50.8 Å². The molecule has 0 fully saturated rings. The molecule has 0 amide bonds. The van der Waals surface area contributed by atoms with Crippen molar-refractivity contribution in [3.63, 3.8) is 0 Å². The Bertz CT molecular complexity index is 4510. The summed E-state index contributed by atoms with van der Waals surface area (Å²) in [7, 11) is 5.24. The summed E-state index contributed by atoms with van der Waals surface area (Å²) in [5, 5.41) is 4.61. The zero-order valence-corrected chi connectivity index (χ0v) is 49.1. The Labute approximate surface area is 510 Å². The van der Waals surface area contributed by atoms with Crippen molar-refractivity contribution in [2.75, 3.05) is 31.1 Å². The fourth-order valence-electron chi connectivity index (χ4n) is 11.9. The van der Waals surface area contributed by atoms with Crippen LogP contribution in [0.2, 0.25) is 0 Å². The van der Waals surface area contributed by atoms with E-state index in [-0.39, 0.29) is 0 Å². The molecule has 0 aromatic heterocycles. The van der Waals surface area contributed by atoms with Crippen LogP contribution < -0.4 is 24.0 Å². The van der Waals surface area contributed by atoms with Crippen LogP contribution in [0.15, 0.2) is 303 Å². The summed E-state index contributed by atoms with van der Waals surface area (Å²) in [6.07, 6.45) is 4.51. The van der Waals surface area contributed by atoms with Gasteiger partial charge in [0.15, 0.2) is 0 Å². The number of para-hydroxylation sites is 4. The van der Waals surface area contributed by atoms with Gasteiger partial charge in [-0.25, -0.2) is 0 Å². The van der Waals surface area contributed by atoms with Gasteiger partial charge in [0.25, 0.3) is 0 Å². The van der Waals surface area contributed by atoms with E-state index >= 15 is 0 Å². The normalized spacial score (nSPS) is 11.6. The van der Waals surface area contributed by atoms with E-state index < -0.39 is 0 Å². The van der Waals surface area contributed by atoms with E-state index in [1.807, 2.05) is 0 Å². The highest BCUT2D eigenvalue weighted by atomic mass is 16.5. The van der Waals surface area contributed by atoms with Gasteiger partial charge in [-0.3, -0.25) is 0 Å². The molecular weight excluding hydrogens is 1060 g/mol. The lowest BCUT2D eigenvalue weighted by Crippen LogP contribution is -2.09. The summed E-state index contributed by atoms with van der Waals surface area (Å²) in [6, 6.07) is 107. The molecule has 0 radical (unpaired) electrons. The number of hydrogen-bond acceptors (Lipinski definition) is 5. The van der Waals surface area contributed by atoms with Crippen LogP contribution in [0, 0.1) is 6.92 Å². The van der Waals surface area contributed by atoms with E-state index in [9.17, 15) is 0 Å². The van der Waals surface area contributed by atoms with E-state index in [1.165, 1.54) is 10.8 Å². The molecule has 0 aliphatic heterocycles. The predicted molar refractivity (Wildman–Crippen MR) is 366 cm³/mol. The van der Waals surface area contributed by atoms with Crippen LogP contribution in [0.4, 0.5) is 34.1 Å². The second kappa shape index (κ2) is 25.0. The van der Waals surface area contributed by atoms with Gasteiger partial charge in [0.05, 0.1) is 21.3 Å². The highest BCUT2D eigenvalue weighted by molar-refractivity contribution is 6.10. The lowest BCUT2D eigenvalue weighted by Gasteiger charge is -2.25. The lowest BCUT2D eigenvalue weighted by molar-refractivity contribution is 0.403. The maximum Gasteiger partial charge on any atom is 0.127 e. The minimum Gasteiger partial charge on any atom is -0.496 e. The first-order chi connectivity index (χ1) is 42.9. The number of nitrogens with zero attached hydrogens (tertiary/aromatic N) is 2. The summed E-state index contributed by atoms with van der Waals surface area (Å²) in [6.45, 7) is 2.19. The second-order valence-corrected chi connectivity index (χ2v) is 21.6. The molecule has 5 nitrogen and oxygen atoms in total. The smallest absolute Gasteiger partial charge is 0.127 e. The molecule has 0 aliphatic rings. The molecule has 0 heterocycles. The molecule has 0 atom stereocenters. The van der Waals surface area contributed by atoms with Crippen molar-refractivity contribution in [1.82, 2.24) is 0 Å². The third kappa shape index (κ3) is 11.5. The summed E-state index contributed by atoms with van der Waals surface area (Å²) in [4.78, 5) is 4.57. The van der Waals surface area contributed by atoms with Crippen molar-refractivity contribution in [2.45, 2.75) is 6.92 Å². The van der Waals surface area contributed by atoms with E-state index in [0.717, 1.165) is 134 Å². The van der Waals surface area contributed by atoms with Crippen molar-refractivity contribution >= 4 is 79.0 Å². The molecule has 0 bridgehead atoms. The van der Waals surface area contributed by atoms with Crippen LogP contribution >= 0.6 is 0 Å². The van der Waals surface area contributed by atoms with E-state index in [4.69, 9.17) is 14.2 Å². The Morgan fingerprint density at radius 1 is 0.287 bits per heavy atom. The molecule has 0 saturated heterocycles. The molecule has 13 aromatic carbocycles. The Kier molecular flexibility index (Phi) is 15.8. The largest absolute Gasteiger partial charge is 0.496 e. The first kappa shape index (κ1) is 55.1. The van der Waals surface area contributed by atoms with Gasteiger partial charge in [-0.1, -0.05) is 194 Å². The SMILES string of the molecule is COc1cc(-c2ccc3c(ccc4cc(-c5cc(C)c(/C=C(\c6ccccc6)c6ccc(N(c7ccccc7)c7ccccc7)cc6)cc5OC)ccc43)c2)c(OC)cc1/C=C(\c1ccccc1)c1ccc(N(c2ccccc2)c2ccccc2)cc1. The molecule has 0 unspecified atom stereocenters. The molecule has 0 aliphatic carbocycles. The van der Waals surface area contributed by atoms with Gasteiger partial charge in [-0.15, -0.1) is 0 Å². The maximum absolute atomic E-state index is 6.23. The molecule has 0 spiro atoms. The number of hydrogen-bond donors (Lipinski definition) is 0. The van der Waals surface area contributed by atoms with Gasteiger partial charge in [0.2, 0.25) is 0 Å². The average molecular weight is 1130 g/mol. The quantitative estimate of drug-likeness (QED) is 0.0670. The van der Waals surface area contributed by atoms with Gasteiger partial charge in [-0.05, 0) is 205 Å². The molecule has 5 heteroatoms. The third-order valence-electron chi connectivity index (χ3n) is 16.3. The Hall–Kier alpha value is -11.1. The zero-order chi connectivity index (χ0) is 59.1. The summed E-state index contributed by atoms with van der Waals surface area (Å²) in [5.41, 5.74) is 20.4. The standard InChI is InChI=1S/C82H64N2O3/c1-57-49-78(81(86-3)54-66(57)52-76(58-23-11-5-12-24-58)60-37-43-72(44-38-60)83(68-27-15-7-16-28-68)69-29-17-8-18-30-69)64-41-47-74-62(50-64)35-36-63-51-65(42-48-75(63)74)79-56-80(85-2)67(55-82(79)87-4)53-77(59-25-13-6-14-26-59)61-39-45-73(46-40-61)84(70-31-19-9-20-32-70)71-33-21-10-22-34-71/h5-56H,1-4H3/b76-52+,77-53+. The number of aryl methyl sites for hydroxylation is 1. The van der Waals surface area contributed by atoms with Gasteiger partial charge in [0.1, 0.15) is 17.2 Å². The van der Waals surface area contributed by atoms with Crippen LogP contribution in [-0.4, -0.2) is 21.3 Å². The molecular formula is C82H64N2O3. The van der Waals surface area contributed by atoms with Crippen molar-refractivity contribution in [1.29, 1.82) is 0 Å². The summed E-state index contributed by atoms with van der Waals surface area (Å²) in [5.74, 6) is 2.31. The third-order valence-corrected chi connectivity index (χ3v) is 16.3. The van der Waals surface area contributed by atoms with Crippen LogP contribution in [-0.2, 0) is 0 Å². The van der Waals surface area contributed by atoms with Gasteiger partial charge >= 0.3 is 0 Å². The highest BCUT2D eigenvalue weighted by Crippen LogP contribution is 2.44. The van der Waals surface area contributed by atoms with E-state index in [1.54, 1.807) is 21.3 Å². The fraction of sp³-hybridized carbons (Fsp3) is 0.0488. The molecule has 13 aromatic rings. The van der Waals surface area contributed by atoms with E-state index in [0.29, 0.717) is 0 Å². The van der Waals surface area contributed by atoms with Crippen LogP contribution in [0.25, 0.3) is 67.1 Å². The van der Waals surface area contributed by atoms with Crippen molar-refractivity contribution < 1.29 is 14.2 Å². The van der Waals surface area contributed by atoms with Crippen LogP contribution in [0.1, 0.15) is 38.9 Å². The second-order valence-electron chi connectivity index (χ2n) is 21.6. The monoisotopic (exact) mass is 1120 g/mol. The van der Waals surface area contributed by atoms with Crippen molar-refractivity contribution in [3.05, 3.63) is 342 Å². The van der Waals surface area contributed by atoms with Crippen LogP contribution in [0.3, 0.4) is 0 Å². The molecule has 0 saturated carbocycles. The Morgan fingerprint density at radius 3 is 0.989 bits per heavy atom. The number of methoxy groups -OCH3 is 3. The number of ether oxygens (including phenoxy) is 3. The Balaban J connectivity index is 0.800. The van der Waals surface area contributed by atoms with E-state index in [2.05, 4.69) is 332 Å². The van der Waals surface area contributed by atoms with Crippen molar-refractivity contribution in [2.24, 2.45) is 0 Å². The number of rotatable bonds is 17. The minimum atomic E-state index is 0.744. The summed E-state index contributed by atoms with van der Waals surface area (Å²) >= 11 is 0. The maximum atomic E-state index is 6.23. The topological polar surface area (TPSA) is 34.2 Å². The Morgan fingerprint density at radius 2 is 0.609 bits per heavy atom. The molecule has 13 rings (SSSR count). The fourth-order valence-corrected chi connectivity index (χ4v) is 11.9. The predicted octanol–water partition coefficient (Wildman–Crippen LogP) is 21.8. The minimum absolute atomic E-state index is 0.744.